The smallest absolute Gasteiger partial charge is 0.256 e. The molecule has 0 radical (unpaired) electrons. The number of benzene rings is 1. The number of thiophene rings is 2. The lowest BCUT2D eigenvalue weighted by molar-refractivity contribution is -0.115. The van der Waals surface area contributed by atoms with Crippen molar-refractivity contribution < 1.29 is 4.79 Å². The third-order valence-electron chi connectivity index (χ3n) is 5.30. The lowest BCUT2D eigenvalue weighted by atomic mass is 10.1. The van der Waals surface area contributed by atoms with Crippen molar-refractivity contribution >= 4 is 34.4 Å². The lowest BCUT2D eigenvalue weighted by Gasteiger charge is -2.10. The monoisotopic (exact) mass is 487 g/mol. The van der Waals surface area contributed by atoms with Crippen molar-refractivity contribution in [3.8, 4) is 16.5 Å². The Hall–Kier alpha value is -3.82. The molecule has 0 bridgehead atoms. The van der Waals surface area contributed by atoms with Crippen molar-refractivity contribution in [3.63, 3.8) is 0 Å². The van der Waals surface area contributed by atoms with Crippen LogP contribution in [-0.4, -0.2) is 25.7 Å². The number of nitrogens with zero attached hydrogens (tertiary/aromatic N) is 3. The number of aromatic nitrogens is 4. The molecule has 1 amide bonds. The number of anilines is 1. The summed E-state index contributed by atoms with van der Waals surface area (Å²) in [6.45, 7) is 1.82. The summed E-state index contributed by atoms with van der Waals surface area (Å²) in [6.07, 6.45) is 0.745. The first kappa shape index (κ1) is 22.0. The summed E-state index contributed by atoms with van der Waals surface area (Å²) in [5.41, 5.74) is 2.72. The zero-order valence-corrected chi connectivity index (χ0v) is 20.0. The van der Waals surface area contributed by atoms with Crippen molar-refractivity contribution in [1.82, 2.24) is 19.7 Å². The van der Waals surface area contributed by atoms with Crippen molar-refractivity contribution in [1.29, 1.82) is 0 Å². The number of hydrogen-bond acceptors (Lipinski definition) is 6. The molecule has 4 aromatic heterocycles. The maximum Gasteiger partial charge on any atom is 0.256 e. The molecule has 170 valence electrons. The van der Waals surface area contributed by atoms with Crippen LogP contribution in [0.15, 0.2) is 76.2 Å². The summed E-state index contributed by atoms with van der Waals surface area (Å²) in [5, 5.41) is 11.5. The highest BCUT2D eigenvalue weighted by Crippen LogP contribution is 2.27. The molecule has 0 fully saturated rings. The van der Waals surface area contributed by atoms with Crippen LogP contribution in [0.1, 0.15) is 21.7 Å². The predicted octanol–water partition coefficient (Wildman–Crippen LogP) is 4.83. The molecule has 0 aliphatic rings. The van der Waals surface area contributed by atoms with Gasteiger partial charge in [-0.3, -0.25) is 14.6 Å². The van der Waals surface area contributed by atoms with Crippen molar-refractivity contribution in [3.05, 3.63) is 103 Å². The van der Waals surface area contributed by atoms with E-state index in [0.29, 0.717) is 29.2 Å². The van der Waals surface area contributed by atoms with Gasteiger partial charge in [0.25, 0.3) is 5.56 Å². The number of nitrogens with one attached hydrogen (secondary N) is 2. The number of carbonyl (C=O) groups excluding carboxylic acids is 1. The molecule has 34 heavy (non-hydrogen) atoms. The van der Waals surface area contributed by atoms with Gasteiger partial charge in [-0.15, -0.1) is 22.7 Å². The fraction of sp³-hybridized carbons (Fsp3) is 0.120. The molecular formula is C25H21N5O2S2. The molecule has 7 nitrogen and oxygen atoms in total. The van der Waals surface area contributed by atoms with Crippen LogP contribution in [-0.2, 0) is 17.6 Å². The van der Waals surface area contributed by atoms with Crippen LogP contribution in [0.25, 0.3) is 16.5 Å². The number of hydrogen-bond donors (Lipinski definition) is 2. The Morgan fingerprint density at radius 2 is 1.85 bits per heavy atom. The Labute approximate surface area is 203 Å². The minimum atomic E-state index is -0.226. The maximum absolute atomic E-state index is 13.0. The molecule has 0 aliphatic carbocycles. The molecular weight excluding hydrogens is 466 g/mol. The fourth-order valence-electron chi connectivity index (χ4n) is 3.64. The van der Waals surface area contributed by atoms with Crippen LogP contribution < -0.4 is 10.9 Å². The van der Waals surface area contributed by atoms with Crippen LogP contribution in [0.4, 0.5) is 5.82 Å². The molecule has 5 rings (SSSR count). The Morgan fingerprint density at radius 1 is 1.06 bits per heavy atom. The average molecular weight is 488 g/mol. The number of H-pyrrole nitrogens is 1. The number of aromatic amines is 1. The van der Waals surface area contributed by atoms with E-state index < -0.39 is 0 Å². The average Bonchev–Trinajstić information content (AvgIpc) is 3.59. The Kier molecular flexibility index (Phi) is 6.20. The van der Waals surface area contributed by atoms with Gasteiger partial charge in [0.1, 0.15) is 11.5 Å². The zero-order valence-electron chi connectivity index (χ0n) is 18.3. The lowest BCUT2D eigenvalue weighted by Crippen LogP contribution is -2.22. The van der Waals surface area contributed by atoms with E-state index in [4.69, 9.17) is 0 Å². The van der Waals surface area contributed by atoms with Gasteiger partial charge in [0.15, 0.2) is 0 Å². The van der Waals surface area contributed by atoms with E-state index in [1.54, 1.807) is 17.4 Å². The first-order valence-corrected chi connectivity index (χ1v) is 12.4. The quantitative estimate of drug-likeness (QED) is 0.344. The SMILES string of the molecule is Cc1nc(-n2nc(-c3cccs3)cc2NC(=O)Cc2cccs2)[nH]c(=O)c1Cc1ccccc1. The van der Waals surface area contributed by atoms with Gasteiger partial charge in [0.05, 0.1) is 17.0 Å². The van der Waals surface area contributed by atoms with E-state index in [9.17, 15) is 9.59 Å². The fourth-order valence-corrected chi connectivity index (χ4v) is 5.02. The number of aryl methyl sites for hydroxylation is 1. The Bertz CT molecular complexity index is 1470. The summed E-state index contributed by atoms with van der Waals surface area (Å²) < 4.78 is 1.49. The normalized spacial score (nSPS) is 11.0. The third-order valence-corrected chi connectivity index (χ3v) is 7.07. The second-order valence-electron chi connectivity index (χ2n) is 7.72. The van der Waals surface area contributed by atoms with E-state index in [-0.39, 0.29) is 23.8 Å². The van der Waals surface area contributed by atoms with E-state index >= 15 is 0 Å². The second-order valence-corrected chi connectivity index (χ2v) is 9.70. The highest BCUT2D eigenvalue weighted by molar-refractivity contribution is 7.13. The van der Waals surface area contributed by atoms with Crippen LogP contribution in [0, 0.1) is 6.92 Å². The third kappa shape index (κ3) is 4.75. The molecule has 0 spiro atoms. The molecule has 9 heteroatoms. The summed E-state index contributed by atoms with van der Waals surface area (Å²) >= 11 is 3.08. The van der Waals surface area contributed by atoms with Gasteiger partial charge in [-0.1, -0.05) is 42.5 Å². The molecule has 0 unspecified atom stereocenters. The number of rotatable bonds is 7. The second kappa shape index (κ2) is 9.58. The number of carbonyl (C=O) groups is 1. The molecule has 0 saturated carbocycles. The van der Waals surface area contributed by atoms with Gasteiger partial charge in [-0.05, 0) is 35.4 Å². The number of amides is 1. The van der Waals surface area contributed by atoms with Crippen molar-refractivity contribution in [2.24, 2.45) is 0 Å². The molecule has 0 atom stereocenters. The standard InChI is InChI=1S/C25H21N5O2S2/c1-16-19(13-17-7-3-2-4-8-17)24(32)28-25(26-16)30-22(15-20(29-30)21-10-6-12-34-21)27-23(31)14-18-9-5-11-33-18/h2-12,15H,13-14H2,1H3,(H,27,31)(H,26,28,32). The summed E-state index contributed by atoms with van der Waals surface area (Å²) in [5.74, 6) is 0.540. The summed E-state index contributed by atoms with van der Waals surface area (Å²) in [7, 11) is 0. The largest absolute Gasteiger partial charge is 0.310 e. The summed E-state index contributed by atoms with van der Waals surface area (Å²) in [4.78, 5) is 35.1. The molecule has 1 aromatic carbocycles. The molecule has 0 aliphatic heterocycles. The van der Waals surface area contributed by atoms with Crippen molar-refractivity contribution in [2.75, 3.05) is 5.32 Å². The first-order valence-electron chi connectivity index (χ1n) is 10.7. The van der Waals surface area contributed by atoms with Gasteiger partial charge >= 0.3 is 0 Å². The van der Waals surface area contributed by atoms with E-state index in [1.807, 2.05) is 72.3 Å². The first-order chi connectivity index (χ1) is 16.6. The minimum absolute atomic E-state index is 0.166. The molecule has 0 saturated heterocycles. The topological polar surface area (TPSA) is 92.7 Å². The molecule has 2 N–H and O–H groups in total. The van der Waals surface area contributed by atoms with E-state index in [0.717, 1.165) is 15.3 Å². The van der Waals surface area contributed by atoms with Crippen LogP contribution in [0.5, 0.6) is 0 Å². The van der Waals surface area contributed by atoms with Gasteiger partial charge in [-0.2, -0.15) is 9.78 Å². The van der Waals surface area contributed by atoms with Gasteiger partial charge in [0.2, 0.25) is 11.9 Å². The molecule has 5 aromatic rings. The van der Waals surface area contributed by atoms with Crippen LogP contribution in [0.3, 0.4) is 0 Å². The van der Waals surface area contributed by atoms with Gasteiger partial charge in [0, 0.05) is 22.9 Å². The summed E-state index contributed by atoms with van der Waals surface area (Å²) in [6, 6.07) is 19.3. The predicted molar refractivity (Wildman–Crippen MR) is 136 cm³/mol. The Balaban J connectivity index is 1.50. The van der Waals surface area contributed by atoms with Crippen molar-refractivity contribution in [2.45, 2.75) is 19.8 Å². The van der Waals surface area contributed by atoms with Crippen LogP contribution >= 0.6 is 22.7 Å². The zero-order chi connectivity index (χ0) is 23.5. The highest BCUT2D eigenvalue weighted by atomic mass is 32.1. The Morgan fingerprint density at radius 3 is 2.56 bits per heavy atom. The van der Waals surface area contributed by atoms with E-state index in [1.165, 1.54) is 16.0 Å². The highest BCUT2D eigenvalue weighted by Gasteiger charge is 2.18. The minimum Gasteiger partial charge on any atom is -0.310 e. The van der Waals surface area contributed by atoms with Gasteiger partial charge in [-0.25, -0.2) is 4.98 Å². The van der Waals surface area contributed by atoms with Crippen LogP contribution in [0.2, 0.25) is 0 Å². The van der Waals surface area contributed by atoms with Gasteiger partial charge < -0.3 is 5.32 Å². The maximum atomic E-state index is 13.0. The molecule has 4 heterocycles. The van der Waals surface area contributed by atoms with E-state index in [2.05, 4.69) is 20.4 Å².